The van der Waals surface area contributed by atoms with Crippen molar-refractivity contribution in [3.63, 3.8) is 0 Å². The van der Waals surface area contributed by atoms with Gasteiger partial charge in [0.1, 0.15) is 0 Å². The predicted octanol–water partition coefficient (Wildman–Crippen LogP) is 2.98. The number of hydrogen-bond acceptors (Lipinski definition) is 2. The van der Waals surface area contributed by atoms with Crippen molar-refractivity contribution in [2.24, 2.45) is 17.8 Å². The first-order valence-electron chi connectivity index (χ1n) is 8.68. The molecule has 2 heterocycles. The van der Waals surface area contributed by atoms with Crippen LogP contribution in [0.15, 0.2) is 0 Å². The second-order valence-electron chi connectivity index (χ2n) is 7.95. The number of nitrogens with zero attached hydrogens (tertiary/aromatic N) is 2. The van der Waals surface area contributed by atoms with Crippen molar-refractivity contribution >= 4 is 0 Å². The maximum absolute atomic E-state index is 2.88. The zero-order chi connectivity index (χ0) is 13.0. The van der Waals surface area contributed by atoms with E-state index >= 15 is 0 Å². The second-order valence-corrected chi connectivity index (χ2v) is 7.95. The fraction of sp³-hybridized carbons (Fsp3) is 1.00. The minimum atomic E-state index is 0.852. The Labute approximate surface area is 118 Å². The molecule has 0 spiro atoms. The van der Waals surface area contributed by atoms with Gasteiger partial charge in [-0.15, -0.1) is 0 Å². The van der Waals surface area contributed by atoms with Crippen LogP contribution in [0, 0.1) is 17.8 Å². The van der Waals surface area contributed by atoms with E-state index < -0.39 is 0 Å². The summed E-state index contributed by atoms with van der Waals surface area (Å²) >= 11 is 0. The quantitative estimate of drug-likeness (QED) is 0.771. The lowest BCUT2D eigenvalue weighted by Gasteiger charge is -2.35. The summed E-state index contributed by atoms with van der Waals surface area (Å²) in [6.07, 6.45) is 10.5. The first kappa shape index (κ1) is 12.6. The highest BCUT2D eigenvalue weighted by molar-refractivity contribution is 4.98. The van der Waals surface area contributed by atoms with Crippen LogP contribution in [0.25, 0.3) is 0 Å². The fourth-order valence-corrected chi connectivity index (χ4v) is 5.99. The van der Waals surface area contributed by atoms with Crippen LogP contribution >= 0.6 is 0 Å². The van der Waals surface area contributed by atoms with Gasteiger partial charge in [-0.2, -0.15) is 0 Å². The highest BCUT2D eigenvalue weighted by Gasteiger charge is 2.44. The minimum Gasteiger partial charge on any atom is -0.303 e. The van der Waals surface area contributed by atoms with Crippen molar-refractivity contribution < 1.29 is 0 Å². The Bertz CT molecular complexity index is 342. The molecule has 6 unspecified atom stereocenters. The highest BCUT2D eigenvalue weighted by Crippen LogP contribution is 2.45. The summed E-state index contributed by atoms with van der Waals surface area (Å²) in [6, 6.07) is 2.75. The lowest BCUT2D eigenvalue weighted by molar-refractivity contribution is 0.130. The average molecular weight is 262 g/mol. The molecule has 2 aliphatic carbocycles. The molecule has 2 heteroatoms. The molecule has 0 N–H and O–H groups in total. The Morgan fingerprint density at radius 2 is 2.00 bits per heavy atom. The summed E-state index contributed by atoms with van der Waals surface area (Å²) in [5.41, 5.74) is 0. The molecule has 0 amide bonds. The van der Waals surface area contributed by atoms with E-state index in [-0.39, 0.29) is 0 Å². The molecule has 6 atom stereocenters. The van der Waals surface area contributed by atoms with Gasteiger partial charge in [-0.05, 0) is 83.2 Å². The predicted molar refractivity (Wildman–Crippen MR) is 79.2 cm³/mol. The van der Waals surface area contributed by atoms with Gasteiger partial charge in [0, 0.05) is 24.7 Å². The summed E-state index contributed by atoms with van der Waals surface area (Å²) in [5.74, 6) is 3.12. The Morgan fingerprint density at radius 1 is 1.11 bits per heavy atom. The molecular weight excluding hydrogens is 232 g/mol. The molecule has 2 aliphatic heterocycles. The van der Waals surface area contributed by atoms with Gasteiger partial charge >= 0.3 is 0 Å². The van der Waals surface area contributed by atoms with E-state index in [0.717, 1.165) is 35.9 Å². The van der Waals surface area contributed by atoms with Crippen molar-refractivity contribution in [3.8, 4) is 0 Å². The van der Waals surface area contributed by atoms with Gasteiger partial charge < -0.3 is 4.90 Å². The smallest absolute Gasteiger partial charge is 0.0124 e. The van der Waals surface area contributed by atoms with Gasteiger partial charge in [-0.25, -0.2) is 0 Å². The average Bonchev–Trinajstić information content (AvgIpc) is 3.13. The van der Waals surface area contributed by atoms with Crippen molar-refractivity contribution in [2.75, 3.05) is 20.1 Å². The zero-order valence-corrected chi connectivity index (χ0v) is 12.7. The molecule has 19 heavy (non-hydrogen) atoms. The van der Waals surface area contributed by atoms with Gasteiger partial charge in [0.15, 0.2) is 0 Å². The second kappa shape index (κ2) is 4.73. The molecule has 0 aromatic rings. The molecule has 4 rings (SSSR count). The lowest BCUT2D eigenvalue weighted by Crippen LogP contribution is -2.40. The van der Waals surface area contributed by atoms with Crippen LogP contribution in [0.1, 0.15) is 51.9 Å². The van der Waals surface area contributed by atoms with E-state index in [2.05, 4.69) is 23.8 Å². The normalized spacial score (nSPS) is 48.0. The molecule has 0 radical (unpaired) electrons. The molecule has 4 fully saturated rings. The van der Waals surface area contributed by atoms with Gasteiger partial charge in [0.2, 0.25) is 0 Å². The lowest BCUT2D eigenvalue weighted by atomic mass is 9.87. The molecule has 2 saturated heterocycles. The first-order valence-corrected chi connectivity index (χ1v) is 8.68. The van der Waals surface area contributed by atoms with E-state index in [0.29, 0.717) is 0 Å². The molecule has 108 valence electrons. The van der Waals surface area contributed by atoms with Crippen LogP contribution in [0.4, 0.5) is 0 Å². The number of piperidine rings is 1. The molecular formula is C17H30N2. The van der Waals surface area contributed by atoms with Gasteiger partial charge in [0.05, 0.1) is 0 Å². The van der Waals surface area contributed by atoms with Crippen LogP contribution in [0.5, 0.6) is 0 Å². The molecule has 0 aromatic carbocycles. The van der Waals surface area contributed by atoms with Gasteiger partial charge in [-0.1, -0.05) is 0 Å². The molecule has 2 bridgehead atoms. The maximum atomic E-state index is 2.88. The van der Waals surface area contributed by atoms with Crippen molar-refractivity contribution in [1.82, 2.24) is 9.80 Å². The molecule has 0 aromatic heterocycles. The fourth-order valence-electron chi connectivity index (χ4n) is 5.99. The van der Waals surface area contributed by atoms with Crippen molar-refractivity contribution in [2.45, 2.75) is 70.0 Å². The van der Waals surface area contributed by atoms with E-state index in [1.807, 2.05) is 0 Å². The Kier molecular flexibility index (Phi) is 3.15. The minimum absolute atomic E-state index is 0.852. The van der Waals surface area contributed by atoms with Crippen molar-refractivity contribution in [1.29, 1.82) is 0 Å². The third-order valence-corrected chi connectivity index (χ3v) is 6.98. The third-order valence-electron chi connectivity index (χ3n) is 6.98. The zero-order valence-electron chi connectivity index (χ0n) is 12.7. The van der Waals surface area contributed by atoms with Gasteiger partial charge in [0.25, 0.3) is 0 Å². The topological polar surface area (TPSA) is 6.48 Å². The Morgan fingerprint density at radius 3 is 2.74 bits per heavy atom. The van der Waals surface area contributed by atoms with Crippen LogP contribution in [-0.4, -0.2) is 48.1 Å². The van der Waals surface area contributed by atoms with Crippen LogP contribution in [0.3, 0.4) is 0 Å². The number of likely N-dealkylation sites (tertiary alicyclic amines) is 2. The summed E-state index contributed by atoms with van der Waals surface area (Å²) in [4.78, 5) is 5.51. The molecule has 2 saturated carbocycles. The summed E-state index contributed by atoms with van der Waals surface area (Å²) < 4.78 is 0. The molecule has 4 aliphatic rings. The van der Waals surface area contributed by atoms with Crippen LogP contribution < -0.4 is 0 Å². The standard InChI is InChI=1S/C17H30N2/c1-12(19-11-13-3-5-15(19)10-13)9-14-4-6-17-16(14)7-8-18(17)2/h12-17H,3-11H2,1-2H3. The summed E-state index contributed by atoms with van der Waals surface area (Å²) in [7, 11) is 2.34. The SMILES string of the molecule is CC(CC1CCC2C1CCN2C)N1CC2CCC1C2. The van der Waals surface area contributed by atoms with E-state index in [1.165, 1.54) is 58.0 Å². The van der Waals surface area contributed by atoms with E-state index in [9.17, 15) is 0 Å². The number of rotatable bonds is 3. The van der Waals surface area contributed by atoms with Gasteiger partial charge in [-0.3, -0.25) is 4.90 Å². The van der Waals surface area contributed by atoms with E-state index in [1.54, 1.807) is 0 Å². The number of hydrogen-bond donors (Lipinski definition) is 0. The number of fused-ring (bicyclic) bond motifs is 3. The largest absolute Gasteiger partial charge is 0.303 e. The van der Waals surface area contributed by atoms with Crippen LogP contribution in [-0.2, 0) is 0 Å². The monoisotopic (exact) mass is 262 g/mol. The summed E-state index contributed by atoms with van der Waals surface area (Å²) in [5, 5.41) is 0. The van der Waals surface area contributed by atoms with Crippen molar-refractivity contribution in [3.05, 3.63) is 0 Å². The van der Waals surface area contributed by atoms with Crippen LogP contribution in [0.2, 0.25) is 0 Å². The Hall–Kier alpha value is -0.0800. The Balaban J connectivity index is 1.37. The maximum Gasteiger partial charge on any atom is 0.0124 e. The van der Waals surface area contributed by atoms with E-state index in [4.69, 9.17) is 0 Å². The summed E-state index contributed by atoms with van der Waals surface area (Å²) in [6.45, 7) is 5.30. The first-order chi connectivity index (χ1) is 9.22. The third kappa shape index (κ3) is 2.06. The highest BCUT2D eigenvalue weighted by atomic mass is 15.2. The molecule has 2 nitrogen and oxygen atoms in total.